The number of nitrogens with one attached hydrogen (secondary N) is 2. The number of thiocarbonyl (C=S) groups is 1. The Bertz CT molecular complexity index is 358. The molecule has 1 aromatic heterocycles. The van der Waals surface area contributed by atoms with Crippen LogP contribution in [0.25, 0.3) is 0 Å². The summed E-state index contributed by atoms with van der Waals surface area (Å²) in [6.45, 7) is 2.69. The van der Waals surface area contributed by atoms with Gasteiger partial charge < -0.3 is 15.5 Å². The second-order valence-electron chi connectivity index (χ2n) is 4.20. The fourth-order valence-electron chi connectivity index (χ4n) is 1.26. The van der Waals surface area contributed by atoms with Gasteiger partial charge in [0, 0.05) is 37.8 Å². The topological polar surface area (TPSA) is 53.1 Å². The van der Waals surface area contributed by atoms with Crippen molar-refractivity contribution in [2.45, 2.75) is 5.75 Å². The summed E-state index contributed by atoms with van der Waals surface area (Å²) in [5.74, 6) is 2.69. The van der Waals surface area contributed by atoms with E-state index in [9.17, 15) is 0 Å². The van der Waals surface area contributed by atoms with E-state index in [1.54, 1.807) is 24.2 Å². The van der Waals surface area contributed by atoms with Gasteiger partial charge in [-0.15, -0.1) is 0 Å². The molecule has 0 radical (unpaired) electrons. The van der Waals surface area contributed by atoms with Crippen LogP contribution in [0.4, 0.5) is 0 Å². The predicted molar refractivity (Wildman–Crippen MR) is 85.4 cm³/mol. The molecule has 5 nitrogen and oxygen atoms in total. The van der Waals surface area contributed by atoms with Gasteiger partial charge in [0.1, 0.15) is 5.82 Å². The Kier molecular flexibility index (Phi) is 8.44. The SMILES string of the molecule is CN(C)CCNC(=S)NCCSCc1ncccn1. The van der Waals surface area contributed by atoms with E-state index in [0.717, 1.165) is 42.1 Å². The standard InChI is InChI=1S/C12H21N5S2/c1-17(2)8-6-15-12(18)16-7-9-19-10-11-13-4-3-5-14-11/h3-5H,6-10H2,1-2H3,(H2,15,16,18). The quantitative estimate of drug-likeness (QED) is 0.542. The lowest BCUT2D eigenvalue weighted by Crippen LogP contribution is -2.39. The number of hydrogen-bond acceptors (Lipinski definition) is 5. The van der Waals surface area contributed by atoms with Gasteiger partial charge in [-0.25, -0.2) is 9.97 Å². The third-order valence-electron chi connectivity index (χ3n) is 2.23. The van der Waals surface area contributed by atoms with Crippen molar-refractivity contribution in [3.63, 3.8) is 0 Å². The van der Waals surface area contributed by atoms with Crippen LogP contribution in [0.2, 0.25) is 0 Å². The van der Waals surface area contributed by atoms with Crippen LogP contribution < -0.4 is 10.6 Å². The second-order valence-corrected chi connectivity index (χ2v) is 5.72. The molecule has 7 heteroatoms. The summed E-state index contributed by atoms with van der Waals surface area (Å²) in [6.07, 6.45) is 3.54. The molecule has 0 saturated heterocycles. The van der Waals surface area contributed by atoms with Crippen molar-refractivity contribution in [1.29, 1.82) is 0 Å². The second kappa shape index (κ2) is 9.94. The Morgan fingerprint density at radius 1 is 1.26 bits per heavy atom. The van der Waals surface area contributed by atoms with Crippen LogP contribution in [0.1, 0.15) is 5.82 Å². The van der Waals surface area contributed by atoms with Crippen molar-refractivity contribution >= 4 is 29.1 Å². The van der Waals surface area contributed by atoms with Gasteiger partial charge in [-0.2, -0.15) is 11.8 Å². The van der Waals surface area contributed by atoms with E-state index in [1.807, 2.05) is 20.2 Å². The molecule has 19 heavy (non-hydrogen) atoms. The zero-order valence-electron chi connectivity index (χ0n) is 11.4. The first-order valence-corrected chi connectivity index (χ1v) is 7.75. The summed E-state index contributed by atoms with van der Waals surface area (Å²) in [4.78, 5) is 10.5. The minimum absolute atomic E-state index is 0.721. The fourth-order valence-corrected chi connectivity index (χ4v) is 2.19. The van der Waals surface area contributed by atoms with Crippen molar-refractivity contribution in [2.75, 3.05) is 39.5 Å². The average Bonchev–Trinajstić information content (AvgIpc) is 2.39. The van der Waals surface area contributed by atoms with E-state index in [1.165, 1.54) is 0 Å². The van der Waals surface area contributed by atoms with Gasteiger partial charge in [-0.1, -0.05) is 0 Å². The molecular formula is C12H21N5S2. The number of likely N-dealkylation sites (N-methyl/N-ethyl adjacent to an activating group) is 1. The molecule has 1 aromatic rings. The van der Waals surface area contributed by atoms with Crippen molar-refractivity contribution in [2.24, 2.45) is 0 Å². The number of nitrogens with zero attached hydrogens (tertiary/aromatic N) is 3. The maximum atomic E-state index is 5.17. The smallest absolute Gasteiger partial charge is 0.166 e. The van der Waals surface area contributed by atoms with E-state index in [4.69, 9.17) is 12.2 Å². The monoisotopic (exact) mass is 299 g/mol. The van der Waals surface area contributed by atoms with Crippen molar-refractivity contribution < 1.29 is 0 Å². The molecule has 0 fully saturated rings. The van der Waals surface area contributed by atoms with Crippen LogP contribution in [-0.2, 0) is 5.75 Å². The highest BCUT2D eigenvalue weighted by Crippen LogP contribution is 2.05. The molecule has 106 valence electrons. The Labute approximate surface area is 124 Å². The average molecular weight is 299 g/mol. The molecular weight excluding hydrogens is 278 g/mol. The van der Waals surface area contributed by atoms with Gasteiger partial charge >= 0.3 is 0 Å². The van der Waals surface area contributed by atoms with E-state index < -0.39 is 0 Å². The molecule has 0 atom stereocenters. The Morgan fingerprint density at radius 2 is 1.95 bits per heavy atom. The molecule has 0 bridgehead atoms. The summed E-state index contributed by atoms with van der Waals surface area (Å²) in [6, 6.07) is 1.83. The van der Waals surface area contributed by atoms with Crippen LogP contribution in [0.15, 0.2) is 18.5 Å². The fraction of sp³-hybridized carbons (Fsp3) is 0.583. The molecule has 1 heterocycles. The summed E-state index contributed by atoms with van der Waals surface area (Å²) in [5, 5.41) is 7.07. The third-order valence-corrected chi connectivity index (χ3v) is 3.47. The molecule has 1 rings (SSSR count). The lowest BCUT2D eigenvalue weighted by atomic mass is 10.6. The number of rotatable bonds is 8. The first-order chi connectivity index (χ1) is 9.18. The minimum Gasteiger partial charge on any atom is -0.362 e. The van der Waals surface area contributed by atoms with Crippen LogP contribution in [0, 0.1) is 0 Å². The highest BCUT2D eigenvalue weighted by Gasteiger charge is 1.97. The lowest BCUT2D eigenvalue weighted by Gasteiger charge is -2.13. The first-order valence-electron chi connectivity index (χ1n) is 6.18. The molecule has 0 amide bonds. The van der Waals surface area contributed by atoms with Crippen molar-refractivity contribution in [3.8, 4) is 0 Å². The molecule has 0 unspecified atom stereocenters. The van der Waals surface area contributed by atoms with Gasteiger partial charge in [0.2, 0.25) is 0 Å². The van der Waals surface area contributed by atoms with Gasteiger partial charge in [0.05, 0.1) is 5.75 Å². The van der Waals surface area contributed by atoms with Crippen molar-refractivity contribution in [3.05, 3.63) is 24.3 Å². The Morgan fingerprint density at radius 3 is 2.63 bits per heavy atom. The first kappa shape index (κ1) is 16.1. The van der Waals surface area contributed by atoms with E-state index in [-0.39, 0.29) is 0 Å². The largest absolute Gasteiger partial charge is 0.362 e. The van der Waals surface area contributed by atoms with Gasteiger partial charge in [0.25, 0.3) is 0 Å². The minimum atomic E-state index is 0.721. The zero-order chi connectivity index (χ0) is 13.9. The van der Waals surface area contributed by atoms with E-state index in [2.05, 4.69) is 25.5 Å². The zero-order valence-corrected chi connectivity index (χ0v) is 13.1. The predicted octanol–water partition coefficient (Wildman–Crippen LogP) is 0.735. The number of hydrogen-bond donors (Lipinski definition) is 2. The molecule has 0 aliphatic heterocycles. The Balaban J connectivity index is 1.97. The van der Waals surface area contributed by atoms with E-state index >= 15 is 0 Å². The van der Waals surface area contributed by atoms with Gasteiger partial charge in [0.15, 0.2) is 5.11 Å². The number of aromatic nitrogens is 2. The molecule has 0 saturated carbocycles. The third kappa shape index (κ3) is 8.74. The highest BCUT2D eigenvalue weighted by molar-refractivity contribution is 7.98. The van der Waals surface area contributed by atoms with Crippen LogP contribution in [-0.4, -0.2) is 59.5 Å². The molecule has 0 aliphatic rings. The summed E-state index contributed by atoms with van der Waals surface area (Å²) < 4.78 is 0. The summed E-state index contributed by atoms with van der Waals surface area (Å²) in [5.41, 5.74) is 0. The van der Waals surface area contributed by atoms with Gasteiger partial charge in [-0.05, 0) is 32.4 Å². The van der Waals surface area contributed by atoms with E-state index in [0.29, 0.717) is 0 Å². The summed E-state index contributed by atoms with van der Waals surface area (Å²) in [7, 11) is 4.08. The summed E-state index contributed by atoms with van der Waals surface area (Å²) >= 11 is 6.97. The van der Waals surface area contributed by atoms with Gasteiger partial charge in [-0.3, -0.25) is 0 Å². The Hall–Kier alpha value is -0.920. The molecule has 0 aromatic carbocycles. The molecule has 0 aliphatic carbocycles. The number of thioether (sulfide) groups is 1. The normalized spacial score (nSPS) is 10.5. The van der Waals surface area contributed by atoms with Crippen LogP contribution in [0.5, 0.6) is 0 Å². The van der Waals surface area contributed by atoms with Crippen LogP contribution in [0.3, 0.4) is 0 Å². The molecule has 0 spiro atoms. The maximum Gasteiger partial charge on any atom is 0.166 e. The van der Waals surface area contributed by atoms with Crippen molar-refractivity contribution in [1.82, 2.24) is 25.5 Å². The lowest BCUT2D eigenvalue weighted by molar-refractivity contribution is 0.412. The highest BCUT2D eigenvalue weighted by atomic mass is 32.2. The maximum absolute atomic E-state index is 5.17. The van der Waals surface area contributed by atoms with Crippen LogP contribution >= 0.6 is 24.0 Å². The molecule has 2 N–H and O–H groups in total.